The van der Waals surface area contributed by atoms with Gasteiger partial charge in [-0.25, -0.2) is 13.4 Å². The van der Waals surface area contributed by atoms with Crippen LogP contribution in [-0.4, -0.2) is 54.2 Å². The van der Waals surface area contributed by atoms with E-state index in [1.165, 1.54) is 4.31 Å². The lowest BCUT2D eigenvalue weighted by molar-refractivity contribution is 0.128. The SMILES string of the molecule is CCN(c1ccc(OC)cc1)S(=O)(=O)C1CC2OC1C(c1ccc(-n3ccnc3)cc1)=C2c1ccc(O)cc1. The van der Waals surface area contributed by atoms with Gasteiger partial charge in [-0.05, 0) is 84.1 Å². The Morgan fingerprint density at radius 3 is 2.28 bits per heavy atom. The van der Waals surface area contributed by atoms with E-state index in [2.05, 4.69) is 4.98 Å². The molecule has 200 valence electrons. The summed E-state index contributed by atoms with van der Waals surface area (Å²) in [5, 5.41) is 9.12. The minimum absolute atomic E-state index is 0.174. The maximum absolute atomic E-state index is 14.1. The molecule has 2 bridgehead atoms. The van der Waals surface area contributed by atoms with Crippen LogP contribution in [0.1, 0.15) is 24.5 Å². The Kier molecular flexibility index (Phi) is 6.40. The van der Waals surface area contributed by atoms with Crippen molar-refractivity contribution in [2.24, 2.45) is 0 Å². The van der Waals surface area contributed by atoms with E-state index in [1.807, 2.05) is 54.1 Å². The number of phenols is 1. The molecule has 9 heteroatoms. The summed E-state index contributed by atoms with van der Waals surface area (Å²) in [5.41, 5.74) is 5.19. The summed E-state index contributed by atoms with van der Waals surface area (Å²) in [7, 11) is -2.19. The molecular formula is C30H29N3O5S. The van der Waals surface area contributed by atoms with Gasteiger partial charge in [0, 0.05) is 24.6 Å². The molecule has 0 spiro atoms. The molecule has 1 N–H and O–H groups in total. The fourth-order valence-electron chi connectivity index (χ4n) is 5.65. The lowest BCUT2D eigenvalue weighted by atomic mass is 9.83. The number of nitrogens with zero attached hydrogens (tertiary/aromatic N) is 3. The maximum atomic E-state index is 14.1. The van der Waals surface area contributed by atoms with Crippen LogP contribution in [0.15, 0.2) is 91.5 Å². The third kappa shape index (κ3) is 4.37. The van der Waals surface area contributed by atoms with E-state index in [9.17, 15) is 13.5 Å². The Bertz CT molecular complexity index is 1600. The van der Waals surface area contributed by atoms with Crippen LogP contribution in [0.4, 0.5) is 5.69 Å². The minimum atomic E-state index is -3.77. The number of hydrogen-bond acceptors (Lipinski definition) is 6. The smallest absolute Gasteiger partial charge is 0.241 e. The molecule has 0 saturated carbocycles. The quantitative estimate of drug-likeness (QED) is 0.340. The van der Waals surface area contributed by atoms with E-state index in [0.29, 0.717) is 24.4 Å². The molecule has 3 aromatic carbocycles. The standard InChI is InChI=1S/C30H29N3O5S/c1-3-33(23-10-14-25(37-2)15-11-23)39(35,36)27-18-26-28(20-6-12-24(34)13-7-20)29(30(27)38-26)21-4-8-22(9-5-21)32-17-16-31-19-32/h4-17,19,26-27,30,34H,3,18H2,1-2H3. The predicted molar refractivity (Wildman–Crippen MR) is 150 cm³/mol. The molecule has 2 aliphatic rings. The van der Waals surface area contributed by atoms with Gasteiger partial charge in [-0.1, -0.05) is 24.3 Å². The minimum Gasteiger partial charge on any atom is -0.508 e. The molecule has 0 amide bonds. The molecule has 3 heterocycles. The van der Waals surface area contributed by atoms with Crippen molar-refractivity contribution in [2.45, 2.75) is 30.8 Å². The highest BCUT2D eigenvalue weighted by molar-refractivity contribution is 7.93. The zero-order chi connectivity index (χ0) is 27.1. The Balaban J connectivity index is 1.41. The normalized spacial score (nSPS) is 20.4. The number of benzene rings is 3. The highest BCUT2D eigenvalue weighted by Crippen LogP contribution is 2.51. The van der Waals surface area contributed by atoms with Gasteiger partial charge in [0.1, 0.15) is 22.9 Å². The third-order valence-corrected chi connectivity index (χ3v) is 9.78. The molecule has 3 unspecified atom stereocenters. The predicted octanol–water partition coefficient (Wildman–Crippen LogP) is 4.89. The van der Waals surface area contributed by atoms with Crippen LogP contribution in [0.5, 0.6) is 11.5 Å². The van der Waals surface area contributed by atoms with Gasteiger partial charge in [0.25, 0.3) is 0 Å². The van der Waals surface area contributed by atoms with Crippen molar-refractivity contribution >= 4 is 26.9 Å². The second kappa shape index (κ2) is 9.91. The van der Waals surface area contributed by atoms with Gasteiger partial charge < -0.3 is 19.1 Å². The Morgan fingerprint density at radius 2 is 1.67 bits per heavy atom. The Hall–Kier alpha value is -4.08. The lowest BCUT2D eigenvalue weighted by Crippen LogP contribution is -2.43. The summed E-state index contributed by atoms with van der Waals surface area (Å²) < 4.78 is 43.3. The summed E-state index contributed by atoms with van der Waals surface area (Å²) >= 11 is 0. The molecule has 2 aliphatic heterocycles. The van der Waals surface area contributed by atoms with Gasteiger partial charge in [-0.15, -0.1) is 0 Å². The van der Waals surface area contributed by atoms with Crippen LogP contribution >= 0.6 is 0 Å². The van der Waals surface area contributed by atoms with Crippen LogP contribution in [0, 0.1) is 0 Å². The van der Waals surface area contributed by atoms with Gasteiger partial charge in [-0.3, -0.25) is 4.31 Å². The molecule has 1 aromatic heterocycles. The summed E-state index contributed by atoms with van der Waals surface area (Å²) in [4.78, 5) is 4.12. The lowest BCUT2D eigenvalue weighted by Gasteiger charge is -2.31. The number of hydrogen-bond donors (Lipinski definition) is 1. The van der Waals surface area contributed by atoms with Crippen molar-refractivity contribution in [1.29, 1.82) is 0 Å². The van der Waals surface area contributed by atoms with Crippen molar-refractivity contribution in [1.82, 2.24) is 9.55 Å². The number of phenolic OH excluding ortho intramolecular Hbond substituents is 1. The maximum Gasteiger partial charge on any atom is 0.241 e. The fraction of sp³-hybridized carbons (Fsp3) is 0.233. The van der Waals surface area contributed by atoms with Gasteiger partial charge in [-0.2, -0.15) is 0 Å². The highest BCUT2D eigenvalue weighted by Gasteiger charge is 2.54. The largest absolute Gasteiger partial charge is 0.508 e. The Morgan fingerprint density at radius 1 is 1.00 bits per heavy atom. The number of ether oxygens (including phenoxy) is 2. The monoisotopic (exact) mass is 543 g/mol. The number of sulfonamides is 1. The van der Waals surface area contributed by atoms with Crippen LogP contribution in [0.2, 0.25) is 0 Å². The van der Waals surface area contributed by atoms with Crippen LogP contribution in [0.25, 0.3) is 16.8 Å². The molecule has 0 radical (unpaired) electrons. The van der Waals surface area contributed by atoms with Crippen LogP contribution in [-0.2, 0) is 14.8 Å². The zero-order valence-electron chi connectivity index (χ0n) is 21.6. The van der Waals surface area contributed by atoms with E-state index < -0.39 is 21.4 Å². The van der Waals surface area contributed by atoms with E-state index in [1.54, 1.807) is 56.0 Å². The first-order valence-electron chi connectivity index (χ1n) is 12.8. The second-order valence-corrected chi connectivity index (χ2v) is 11.7. The summed E-state index contributed by atoms with van der Waals surface area (Å²) in [6.45, 7) is 2.13. The van der Waals surface area contributed by atoms with E-state index in [0.717, 1.165) is 28.0 Å². The molecule has 1 saturated heterocycles. The molecule has 3 atom stereocenters. The molecule has 39 heavy (non-hydrogen) atoms. The number of aromatic hydroxyl groups is 1. The number of fused-ring (bicyclic) bond motifs is 2. The third-order valence-electron chi connectivity index (χ3n) is 7.49. The number of aromatic nitrogens is 2. The summed E-state index contributed by atoms with van der Waals surface area (Å²) in [6.07, 6.45) is 4.68. The number of anilines is 1. The van der Waals surface area contributed by atoms with Gasteiger partial charge in [0.2, 0.25) is 10.0 Å². The summed E-state index contributed by atoms with van der Waals surface area (Å²) in [5.74, 6) is 0.839. The number of imidazole rings is 1. The van der Waals surface area contributed by atoms with Gasteiger partial charge in [0.05, 0.1) is 25.2 Å². The zero-order valence-corrected chi connectivity index (χ0v) is 22.5. The Labute approximate surface area is 227 Å². The molecular weight excluding hydrogens is 514 g/mol. The van der Waals surface area contributed by atoms with Gasteiger partial charge in [0.15, 0.2) is 0 Å². The van der Waals surface area contributed by atoms with Crippen molar-refractivity contribution in [3.63, 3.8) is 0 Å². The molecule has 8 nitrogen and oxygen atoms in total. The average molecular weight is 544 g/mol. The highest BCUT2D eigenvalue weighted by atomic mass is 32.2. The van der Waals surface area contributed by atoms with E-state index in [4.69, 9.17) is 9.47 Å². The first-order chi connectivity index (χ1) is 18.9. The summed E-state index contributed by atoms with van der Waals surface area (Å²) in [6, 6.07) is 22.0. The fourth-order valence-corrected chi connectivity index (χ4v) is 7.68. The molecule has 6 rings (SSSR count). The van der Waals surface area contributed by atoms with Gasteiger partial charge >= 0.3 is 0 Å². The van der Waals surface area contributed by atoms with Crippen molar-refractivity contribution in [3.05, 3.63) is 103 Å². The second-order valence-electron chi connectivity index (χ2n) is 9.62. The first kappa shape index (κ1) is 25.2. The average Bonchev–Trinajstić information content (AvgIpc) is 3.72. The molecule has 4 aromatic rings. The van der Waals surface area contributed by atoms with E-state index in [-0.39, 0.29) is 11.9 Å². The van der Waals surface area contributed by atoms with Crippen molar-refractivity contribution in [2.75, 3.05) is 18.0 Å². The van der Waals surface area contributed by atoms with Crippen LogP contribution < -0.4 is 9.04 Å². The van der Waals surface area contributed by atoms with Crippen molar-refractivity contribution in [3.8, 4) is 17.2 Å². The number of methoxy groups -OCH3 is 1. The van der Waals surface area contributed by atoms with E-state index >= 15 is 0 Å². The topological polar surface area (TPSA) is 93.9 Å². The first-order valence-corrected chi connectivity index (χ1v) is 14.3. The molecule has 0 aliphatic carbocycles. The van der Waals surface area contributed by atoms with Crippen molar-refractivity contribution < 1.29 is 23.0 Å². The number of rotatable bonds is 8. The van der Waals surface area contributed by atoms with Crippen LogP contribution in [0.3, 0.4) is 0 Å². The molecule has 1 fully saturated rings.